The van der Waals surface area contributed by atoms with Crippen molar-refractivity contribution < 1.29 is 58.0 Å². The van der Waals surface area contributed by atoms with E-state index < -0.39 is 5.41 Å². The summed E-state index contributed by atoms with van der Waals surface area (Å²) in [6, 6.07) is 11.1. The molecule has 6 atom stereocenters. The van der Waals surface area contributed by atoms with E-state index in [1.54, 1.807) is 0 Å². The van der Waals surface area contributed by atoms with Gasteiger partial charge in [-0.05, 0) is 239 Å². The highest BCUT2D eigenvalue weighted by Gasteiger charge is 2.35. The lowest BCUT2D eigenvalue weighted by Crippen LogP contribution is -2.26. The highest BCUT2D eigenvalue weighted by molar-refractivity contribution is 9.11. The van der Waals surface area contributed by atoms with Crippen molar-refractivity contribution >= 4 is 95.6 Å². The maximum Gasteiger partial charge on any atom is 0.157 e. The van der Waals surface area contributed by atoms with Crippen LogP contribution < -0.4 is 0 Å². The molecule has 3 rings (SSSR count). The van der Waals surface area contributed by atoms with Crippen LogP contribution in [0, 0.1) is 0 Å². The molecule has 0 aliphatic carbocycles. The van der Waals surface area contributed by atoms with Crippen LogP contribution in [0.5, 0.6) is 17.2 Å². The van der Waals surface area contributed by atoms with Crippen molar-refractivity contribution in [2.24, 2.45) is 0 Å². The van der Waals surface area contributed by atoms with Crippen LogP contribution in [0.3, 0.4) is 0 Å². The number of hydrogen-bond donors (Lipinski definition) is 3. The molecule has 0 aromatic heterocycles. The Morgan fingerprint density at radius 1 is 0.371 bits per heavy atom. The Labute approximate surface area is 420 Å². The Morgan fingerprint density at radius 2 is 0.516 bits per heavy atom. The number of phenols is 3. The van der Waals surface area contributed by atoms with Gasteiger partial charge in [0.1, 0.15) is 17.2 Å². The zero-order valence-electron chi connectivity index (χ0n) is 38.0. The van der Waals surface area contributed by atoms with Gasteiger partial charge in [-0.2, -0.15) is 0 Å². The quantitative estimate of drug-likeness (QED) is 0.0690. The van der Waals surface area contributed by atoms with Gasteiger partial charge in [0.05, 0.1) is 26.8 Å². The van der Waals surface area contributed by atoms with Gasteiger partial charge in [-0.25, -0.2) is 0 Å². The van der Waals surface area contributed by atoms with E-state index in [-0.39, 0.29) is 55.0 Å². The molecule has 6 unspecified atom stereocenters. The van der Waals surface area contributed by atoms with Crippen molar-refractivity contribution in [1.82, 2.24) is 0 Å². The van der Waals surface area contributed by atoms with E-state index in [2.05, 4.69) is 95.6 Å². The van der Waals surface area contributed by atoms with Crippen molar-refractivity contribution in [3.8, 4) is 17.2 Å². The Balaban J connectivity index is 0.000000932. The first-order valence-electron chi connectivity index (χ1n) is 20.3. The second-order valence-electron chi connectivity index (χ2n) is 13.0. The lowest BCUT2D eigenvalue weighted by atomic mass is 9.71. The number of aromatic hydroxyl groups is 3. The number of rotatable bonds is 21. The highest BCUT2D eigenvalue weighted by atomic mass is 79.9. The van der Waals surface area contributed by atoms with Gasteiger partial charge in [0.2, 0.25) is 0 Å². The molecule has 18 heteroatoms. The van der Waals surface area contributed by atoms with E-state index in [4.69, 9.17) is 42.6 Å². The van der Waals surface area contributed by atoms with Gasteiger partial charge >= 0.3 is 0 Å². The maximum atomic E-state index is 10.2. The van der Waals surface area contributed by atoms with E-state index in [0.29, 0.717) is 66.5 Å². The number of phenolic OH excluding ortho intramolecular Hbond substituents is 3. The van der Waals surface area contributed by atoms with Crippen LogP contribution >= 0.6 is 95.6 Å². The summed E-state index contributed by atoms with van der Waals surface area (Å²) in [5.41, 5.74) is 1.92. The van der Waals surface area contributed by atoms with Gasteiger partial charge in [0, 0.05) is 45.1 Å². The van der Waals surface area contributed by atoms with Crippen LogP contribution in [0.15, 0.2) is 63.2 Å². The number of ether oxygens (including phenoxy) is 9. The molecule has 12 nitrogen and oxygen atoms in total. The predicted octanol–water partition coefficient (Wildman–Crippen LogP) is 14.0. The van der Waals surface area contributed by atoms with Crippen LogP contribution in [0.25, 0.3) is 0 Å². The van der Waals surface area contributed by atoms with Gasteiger partial charge in [-0.15, -0.1) is 0 Å². The average molecular weight is 1270 g/mol. The molecule has 3 aromatic carbocycles. The van der Waals surface area contributed by atoms with Gasteiger partial charge < -0.3 is 58.0 Å². The van der Waals surface area contributed by atoms with Crippen molar-refractivity contribution in [2.75, 3.05) is 39.6 Å². The molecule has 0 spiro atoms. The zero-order chi connectivity index (χ0) is 47.7. The normalized spacial score (nSPS) is 14.2. The molecule has 62 heavy (non-hydrogen) atoms. The van der Waals surface area contributed by atoms with Crippen molar-refractivity contribution in [2.45, 2.75) is 133 Å². The summed E-state index contributed by atoms with van der Waals surface area (Å²) in [5, 5.41) is 30.6. The molecular formula is C44H66Br6O12. The molecule has 0 fully saturated rings. The highest BCUT2D eigenvalue weighted by Crippen LogP contribution is 2.48. The zero-order valence-corrected chi connectivity index (χ0v) is 47.5. The van der Waals surface area contributed by atoms with E-state index in [9.17, 15) is 15.3 Å². The van der Waals surface area contributed by atoms with E-state index in [1.165, 1.54) is 0 Å². The molecule has 0 bridgehead atoms. The summed E-state index contributed by atoms with van der Waals surface area (Å²) in [6.45, 7) is 28.8. The first-order chi connectivity index (χ1) is 29.1. The monoisotopic (exact) mass is 1260 g/mol. The van der Waals surface area contributed by atoms with Gasteiger partial charge in [-0.3, -0.25) is 0 Å². The van der Waals surface area contributed by atoms with Crippen LogP contribution in [0.1, 0.15) is 107 Å². The largest absolute Gasteiger partial charge is 0.506 e. The Hall–Kier alpha value is -0.420. The van der Waals surface area contributed by atoms with Gasteiger partial charge in [0.15, 0.2) is 37.7 Å². The third-order valence-electron chi connectivity index (χ3n) is 8.34. The summed E-state index contributed by atoms with van der Waals surface area (Å²) in [6.07, 6.45) is -1.07. The Morgan fingerprint density at radius 3 is 0.645 bits per heavy atom. The molecular weight excluding hydrogens is 1200 g/mol. The molecule has 0 saturated carbocycles. The molecule has 0 amide bonds. The van der Waals surface area contributed by atoms with E-state index in [0.717, 1.165) is 16.7 Å². The fraction of sp³-hybridized carbons (Fsp3) is 0.591. The van der Waals surface area contributed by atoms with Crippen molar-refractivity contribution in [3.05, 3.63) is 79.9 Å². The van der Waals surface area contributed by atoms with E-state index in [1.807, 2.05) is 126 Å². The van der Waals surface area contributed by atoms with Gasteiger partial charge in [0.25, 0.3) is 0 Å². The van der Waals surface area contributed by atoms with Gasteiger partial charge in [-0.1, -0.05) is 0 Å². The minimum absolute atomic E-state index is 0.109. The smallest absolute Gasteiger partial charge is 0.157 e. The standard InChI is InChI=1S/C20H12Br6O3.3C8H18O3/c1-20(8-2-11(21)17(27)12(22)3-8,9-4-13(23)18(28)14(24)5-9)10-6-15(25)19(29)16(26)7-10;3*1-5-9-7(3)11-8(4)10-6-2/h2-7,27-29H,1H3;3*7-8H,5-6H2,1-4H3. The number of benzene rings is 3. The number of hydrogen-bond acceptors (Lipinski definition) is 12. The molecule has 356 valence electrons. The SMILES string of the molecule is CC(c1cc(Br)c(O)c(Br)c1)(c1cc(Br)c(O)c(Br)c1)c1cc(Br)c(O)c(Br)c1.CCOC(C)OC(C)OCC.CCOC(C)OC(C)OCC.CCOC(C)OC(C)OCC. The molecule has 0 heterocycles. The minimum atomic E-state index is -0.712. The van der Waals surface area contributed by atoms with E-state index >= 15 is 0 Å². The molecule has 0 aliphatic rings. The molecule has 3 N–H and O–H groups in total. The lowest BCUT2D eigenvalue weighted by molar-refractivity contribution is -0.228. The number of halogens is 6. The minimum Gasteiger partial charge on any atom is -0.506 e. The first-order valence-corrected chi connectivity index (χ1v) is 25.0. The molecule has 0 saturated heterocycles. The van der Waals surface area contributed by atoms with Crippen molar-refractivity contribution in [3.63, 3.8) is 0 Å². The summed E-state index contributed by atoms with van der Waals surface area (Å²) in [4.78, 5) is 0. The summed E-state index contributed by atoms with van der Waals surface area (Å²) >= 11 is 20.5. The summed E-state index contributed by atoms with van der Waals surface area (Å²) in [5.74, 6) is 0.326. The predicted molar refractivity (Wildman–Crippen MR) is 266 cm³/mol. The van der Waals surface area contributed by atoms with Crippen LogP contribution in [-0.4, -0.2) is 92.7 Å². The van der Waals surface area contributed by atoms with Crippen LogP contribution in [-0.2, 0) is 48.0 Å². The lowest BCUT2D eigenvalue weighted by Gasteiger charge is -2.33. The molecule has 3 aromatic rings. The third-order valence-corrected chi connectivity index (χ3v) is 12.0. The Kier molecular flexibility index (Phi) is 32.9. The molecule has 0 radical (unpaired) electrons. The first kappa shape index (κ1) is 61.6. The summed E-state index contributed by atoms with van der Waals surface area (Å²) < 4.78 is 50.1. The maximum absolute atomic E-state index is 10.2. The fourth-order valence-corrected chi connectivity index (χ4v) is 9.08. The third kappa shape index (κ3) is 22.4. The summed E-state index contributed by atoms with van der Waals surface area (Å²) in [7, 11) is 0. The van der Waals surface area contributed by atoms with Crippen LogP contribution in [0.4, 0.5) is 0 Å². The molecule has 0 aliphatic heterocycles. The Bertz CT molecular complexity index is 1410. The average Bonchev–Trinajstić information content (AvgIpc) is 3.18. The topological polar surface area (TPSA) is 144 Å². The van der Waals surface area contributed by atoms with Crippen molar-refractivity contribution in [1.29, 1.82) is 0 Å². The van der Waals surface area contributed by atoms with Crippen LogP contribution in [0.2, 0.25) is 0 Å². The second kappa shape index (κ2) is 33.1. The fourth-order valence-electron chi connectivity index (χ4n) is 5.52. The second-order valence-corrected chi connectivity index (χ2v) is 18.2.